The summed E-state index contributed by atoms with van der Waals surface area (Å²) in [5, 5.41) is 0. The first-order valence-electron chi connectivity index (χ1n) is 5.99. The van der Waals surface area contributed by atoms with Crippen LogP contribution in [0.25, 0.3) is 0 Å². The largest absolute Gasteiger partial charge is 0.378 e. The van der Waals surface area contributed by atoms with E-state index in [0.717, 1.165) is 5.56 Å². The van der Waals surface area contributed by atoms with Crippen LogP contribution in [0.15, 0.2) is 24.3 Å². The standard InChI is InChI=1S/C13H17FN2O2/c1-15(10-11-3-2-4-12(14)9-11)13(17)16-5-7-18-8-6-16/h2-4,9H,5-8,10H2,1H3. The number of rotatable bonds is 2. The van der Waals surface area contributed by atoms with Crippen molar-refractivity contribution in [2.45, 2.75) is 6.54 Å². The van der Waals surface area contributed by atoms with E-state index in [2.05, 4.69) is 0 Å². The molecule has 2 amide bonds. The first-order valence-corrected chi connectivity index (χ1v) is 5.99. The zero-order chi connectivity index (χ0) is 13.0. The zero-order valence-corrected chi connectivity index (χ0v) is 10.4. The number of morpholine rings is 1. The first kappa shape index (κ1) is 12.8. The van der Waals surface area contributed by atoms with Crippen molar-refractivity contribution in [2.75, 3.05) is 33.4 Å². The van der Waals surface area contributed by atoms with Gasteiger partial charge in [0.05, 0.1) is 13.2 Å². The second-order valence-electron chi connectivity index (χ2n) is 4.37. The van der Waals surface area contributed by atoms with E-state index in [1.807, 2.05) is 6.07 Å². The van der Waals surface area contributed by atoms with Crippen LogP contribution in [0.5, 0.6) is 0 Å². The molecule has 0 spiro atoms. The van der Waals surface area contributed by atoms with E-state index in [1.54, 1.807) is 22.9 Å². The maximum atomic E-state index is 13.0. The fourth-order valence-corrected chi connectivity index (χ4v) is 1.97. The number of amides is 2. The molecule has 0 saturated carbocycles. The molecule has 1 aliphatic rings. The molecule has 1 aromatic rings. The van der Waals surface area contributed by atoms with Gasteiger partial charge in [0.2, 0.25) is 0 Å². The Kier molecular flexibility index (Phi) is 4.15. The first-order chi connectivity index (χ1) is 8.66. The lowest BCUT2D eigenvalue weighted by Crippen LogP contribution is -2.46. The Hall–Kier alpha value is -1.62. The molecule has 1 saturated heterocycles. The van der Waals surface area contributed by atoms with Crippen LogP contribution < -0.4 is 0 Å². The molecule has 1 heterocycles. The second-order valence-corrected chi connectivity index (χ2v) is 4.37. The van der Waals surface area contributed by atoms with Gasteiger partial charge < -0.3 is 14.5 Å². The molecule has 0 radical (unpaired) electrons. The van der Waals surface area contributed by atoms with Crippen molar-refractivity contribution in [3.05, 3.63) is 35.6 Å². The van der Waals surface area contributed by atoms with Crippen LogP contribution in [-0.2, 0) is 11.3 Å². The third kappa shape index (κ3) is 3.20. The minimum absolute atomic E-state index is 0.0393. The van der Waals surface area contributed by atoms with Gasteiger partial charge in [-0.1, -0.05) is 12.1 Å². The van der Waals surface area contributed by atoms with Crippen LogP contribution in [0.4, 0.5) is 9.18 Å². The molecule has 0 aromatic heterocycles. The van der Waals surface area contributed by atoms with E-state index in [1.165, 1.54) is 12.1 Å². The maximum Gasteiger partial charge on any atom is 0.320 e. The van der Waals surface area contributed by atoms with Crippen molar-refractivity contribution in [1.29, 1.82) is 0 Å². The van der Waals surface area contributed by atoms with Crippen molar-refractivity contribution in [3.63, 3.8) is 0 Å². The third-order valence-corrected chi connectivity index (χ3v) is 2.92. The summed E-state index contributed by atoms with van der Waals surface area (Å²) in [6.07, 6.45) is 0. The van der Waals surface area contributed by atoms with Gasteiger partial charge in [-0.3, -0.25) is 0 Å². The predicted molar refractivity (Wildman–Crippen MR) is 65.7 cm³/mol. The summed E-state index contributed by atoms with van der Waals surface area (Å²) < 4.78 is 18.2. The van der Waals surface area contributed by atoms with Gasteiger partial charge in [0, 0.05) is 26.7 Å². The fourth-order valence-electron chi connectivity index (χ4n) is 1.97. The molecule has 5 heteroatoms. The number of hydrogen-bond donors (Lipinski definition) is 0. The lowest BCUT2D eigenvalue weighted by atomic mass is 10.2. The van der Waals surface area contributed by atoms with Gasteiger partial charge in [-0.25, -0.2) is 9.18 Å². The normalized spacial score (nSPS) is 15.6. The van der Waals surface area contributed by atoms with Crippen LogP contribution in [0.2, 0.25) is 0 Å². The molecule has 4 nitrogen and oxygen atoms in total. The van der Waals surface area contributed by atoms with Gasteiger partial charge in [-0.05, 0) is 17.7 Å². The Morgan fingerprint density at radius 3 is 2.83 bits per heavy atom. The van der Waals surface area contributed by atoms with Gasteiger partial charge in [-0.15, -0.1) is 0 Å². The number of nitrogens with zero attached hydrogens (tertiary/aromatic N) is 2. The number of benzene rings is 1. The highest BCUT2D eigenvalue weighted by Gasteiger charge is 2.20. The average molecular weight is 252 g/mol. The summed E-state index contributed by atoms with van der Waals surface area (Å²) in [4.78, 5) is 15.4. The molecule has 0 atom stereocenters. The molecule has 1 aliphatic heterocycles. The third-order valence-electron chi connectivity index (χ3n) is 2.92. The molecule has 98 valence electrons. The Morgan fingerprint density at radius 1 is 1.44 bits per heavy atom. The van der Waals surface area contributed by atoms with Crippen molar-refractivity contribution < 1.29 is 13.9 Å². The number of urea groups is 1. The summed E-state index contributed by atoms with van der Waals surface area (Å²) in [6.45, 7) is 2.81. The van der Waals surface area contributed by atoms with Crippen LogP contribution in [0.3, 0.4) is 0 Å². The summed E-state index contributed by atoms with van der Waals surface area (Å²) in [6, 6.07) is 6.27. The van der Waals surface area contributed by atoms with E-state index in [9.17, 15) is 9.18 Å². The van der Waals surface area contributed by atoms with E-state index >= 15 is 0 Å². The molecule has 1 aromatic carbocycles. The molecule has 2 rings (SSSR count). The molecule has 0 N–H and O–H groups in total. The van der Waals surface area contributed by atoms with Crippen LogP contribution >= 0.6 is 0 Å². The topological polar surface area (TPSA) is 32.8 Å². The molecule has 0 aliphatic carbocycles. The van der Waals surface area contributed by atoms with E-state index in [0.29, 0.717) is 32.8 Å². The number of ether oxygens (including phenoxy) is 1. The predicted octanol–water partition coefficient (Wildman–Crippen LogP) is 1.71. The van der Waals surface area contributed by atoms with Gasteiger partial charge in [0.15, 0.2) is 0 Å². The molecular formula is C13H17FN2O2. The lowest BCUT2D eigenvalue weighted by Gasteiger charge is -2.31. The zero-order valence-electron chi connectivity index (χ0n) is 10.4. The van der Waals surface area contributed by atoms with E-state index in [-0.39, 0.29) is 11.8 Å². The van der Waals surface area contributed by atoms with Crippen molar-refractivity contribution in [3.8, 4) is 0 Å². The highest BCUT2D eigenvalue weighted by Crippen LogP contribution is 2.09. The number of halogens is 1. The Morgan fingerprint density at radius 2 is 2.17 bits per heavy atom. The molecule has 0 bridgehead atoms. The number of carbonyl (C=O) groups is 1. The van der Waals surface area contributed by atoms with Gasteiger partial charge in [0.1, 0.15) is 5.82 Å². The monoisotopic (exact) mass is 252 g/mol. The Labute approximate surface area is 106 Å². The average Bonchev–Trinajstić information content (AvgIpc) is 2.39. The summed E-state index contributed by atoms with van der Waals surface area (Å²) >= 11 is 0. The summed E-state index contributed by atoms with van der Waals surface area (Å²) in [5.74, 6) is -0.278. The highest BCUT2D eigenvalue weighted by atomic mass is 19.1. The molecule has 0 unspecified atom stereocenters. The minimum atomic E-state index is -0.278. The van der Waals surface area contributed by atoms with Crippen LogP contribution in [0, 0.1) is 5.82 Å². The van der Waals surface area contributed by atoms with Gasteiger partial charge in [0.25, 0.3) is 0 Å². The van der Waals surface area contributed by atoms with Crippen LogP contribution in [0.1, 0.15) is 5.56 Å². The highest BCUT2D eigenvalue weighted by molar-refractivity contribution is 5.74. The summed E-state index contributed by atoms with van der Waals surface area (Å²) in [5.41, 5.74) is 0.791. The number of carbonyl (C=O) groups excluding carboxylic acids is 1. The van der Waals surface area contributed by atoms with Gasteiger partial charge >= 0.3 is 6.03 Å². The van der Waals surface area contributed by atoms with Crippen molar-refractivity contribution >= 4 is 6.03 Å². The lowest BCUT2D eigenvalue weighted by molar-refractivity contribution is 0.0448. The van der Waals surface area contributed by atoms with Crippen LogP contribution in [-0.4, -0.2) is 49.2 Å². The molecular weight excluding hydrogens is 235 g/mol. The van der Waals surface area contributed by atoms with E-state index in [4.69, 9.17) is 4.74 Å². The summed E-state index contributed by atoms with van der Waals surface area (Å²) in [7, 11) is 1.72. The molecule has 1 fully saturated rings. The maximum absolute atomic E-state index is 13.0. The minimum Gasteiger partial charge on any atom is -0.378 e. The quantitative estimate of drug-likeness (QED) is 0.802. The number of hydrogen-bond acceptors (Lipinski definition) is 2. The SMILES string of the molecule is CN(Cc1cccc(F)c1)C(=O)N1CCOCC1. The Balaban J connectivity index is 1.94. The molecule has 18 heavy (non-hydrogen) atoms. The van der Waals surface area contributed by atoms with Crippen molar-refractivity contribution in [2.24, 2.45) is 0 Å². The Bertz CT molecular complexity index is 419. The smallest absolute Gasteiger partial charge is 0.320 e. The second kappa shape index (κ2) is 5.82. The van der Waals surface area contributed by atoms with Gasteiger partial charge in [-0.2, -0.15) is 0 Å². The van der Waals surface area contributed by atoms with Crippen molar-refractivity contribution in [1.82, 2.24) is 9.80 Å². The van der Waals surface area contributed by atoms with E-state index < -0.39 is 0 Å². The fraction of sp³-hybridized carbons (Fsp3) is 0.462.